The number of esters is 1. The number of ether oxygens (including phenoxy) is 2. The molecule has 0 bridgehead atoms. The molecule has 1 fully saturated rings. The molecule has 1 aromatic rings. The lowest BCUT2D eigenvalue weighted by Gasteiger charge is -2.20. The third kappa shape index (κ3) is 4.41. The summed E-state index contributed by atoms with van der Waals surface area (Å²) in [6.07, 6.45) is -4.75. The molecule has 3 N–H and O–H groups in total. The highest BCUT2D eigenvalue weighted by atomic mass is 28.3. The predicted molar refractivity (Wildman–Crippen MR) is 86.9 cm³/mol. The summed E-state index contributed by atoms with van der Waals surface area (Å²) in [5.41, 5.74) is 4.29. The summed E-state index contributed by atoms with van der Waals surface area (Å²) in [5.74, 6) is -4.43. The Morgan fingerprint density at radius 1 is 1.52 bits per heavy atom. The highest BCUT2D eigenvalue weighted by molar-refractivity contribution is 6.78. The number of aliphatic hydroxyl groups excluding tert-OH is 1. The topological polar surface area (TPSA) is 117 Å². The van der Waals surface area contributed by atoms with E-state index in [4.69, 9.17) is 15.2 Å². The number of halogens is 2. The van der Waals surface area contributed by atoms with Crippen molar-refractivity contribution in [2.24, 2.45) is 0 Å². The summed E-state index contributed by atoms with van der Waals surface area (Å²) in [4.78, 5) is 26.8. The number of hydrogen-bond donors (Lipinski definition) is 2. The Balaban J connectivity index is 2.11. The molecule has 1 aliphatic rings. The zero-order valence-corrected chi connectivity index (χ0v) is 15.1. The molecule has 2 rings (SSSR count). The van der Waals surface area contributed by atoms with Gasteiger partial charge in [-0.05, 0) is 6.07 Å². The van der Waals surface area contributed by atoms with Crippen molar-refractivity contribution in [2.45, 2.75) is 50.0 Å². The molecule has 1 aromatic heterocycles. The van der Waals surface area contributed by atoms with Gasteiger partial charge in [0.1, 0.15) is 18.5 Å². The maximum absolute atomic E-state index is 14.3. The van der Waals surface area contributed by atoms with Gasteiger partial charge in [0.05, 0.1) is 8.07 Å². The molecular weight excluding hydrogens is 356 g/mol. The van der Waals surface area contributed by atoms with Crippen LogP contribution in [0.5, 0.6) is 0 Å². The van der Waals surface area contributed by atoms with Gasteiger partial charge >= 0.3 is 17.6 Å². The molecular formula is C14H21F2N3O5Si. The third-order valence-electron chi connectivity index (χ3n) is 3.57. The van der Waals surface area contributed by atoms with E-state index >= 15 is 0 Å². The summed E-state index contributed by atoms with van der Waals surface area (Å²) in [6, 6.07) is 1.38. The Morgan fingerprint density at radius 2 is 2.16 bits per heavy atom. The number of rotatable bonds is 5. The number of carbonyl (C=O) groups is 1. The van der Waals surface area contributed by atoms with E-state index in [1.165, 1.54) is 0 Å². The SMILES string of the molecule is C[Si](C)(C)CC(=O)OC[C@H]1O[C@@H](n2ccc(N)nc2=O)C(F)(F)[C@@H]1O. The molecule has 11 heteroatoms. The van der Waals surface area contributed by atoms with E-state index in [9.17, 15) is 23.5 Å². The van der Waals surface area contributed by atoms with E-state index < -0.39 is 50.7 Å². The van der Waals surface area contributed by atoms with Gasteiger partial charge in [0, 0.05) is 12.2 Å². The Hall–Kier alpha value is -1.85. The predicted octanol–water partition coefficient (Wildman–Crippen LogP) is 0.600. The van der Waals surface area contributed by atoms with Crippen LogP contribution in [0.25, 0.3) is 0 Å². The smallest absolute Gasteiger partial charge is 0.351 e. The monoisotopic (exact) mass is 377 g/mol. The molecule has 0 unspecified atom stereocenters. The van der Waals surface area contributed by atoms with E-state index in [-0.39, 0.29) is 11.9 Å². The number of carbonyl (C=O) groups excluding carboxylic acids is 1. The van der Waals surface area contributed by atoms with E-state index in [1.807, 2.05) is 19.6 Å². The number of aliphatic hydroxyl groups is 1. The van der Waals surface area contributed by atoms with Crippen LogP contribution in [-0.2, 0) is 14.3 Å². The fourth-order valence-corrected chi connectivity index (χ4v) is 3.34. The summed E-state index contributed by atoms with van der Waals surface area (Å²) < 4.78 is 39.2. The molecule has 0 radical (unpaired) electrons. The first-order valence-corrected chi connectivity index (χ1v) is 11.3. The molecule has 0 amide bonds. The summed E-state index contributed by atoms with van der Waals surface area (Å²) in [6.45, 7) is 5.34. The largest absolute Gasteiger partial charge is 0.463 e. The molecule has 0 aromatic carbocycles. The Morgan fingerprint density at radius 3 is 2.72 bits per heavy atom. The molecule has 140 valence electrons. The van der Waals surface area contributed by atoms with Crippen LogP contribution in [0.1, 0.15) is 6.23 Å². The first-order chi connectivity index (χ1) is 11.4. The van der Waals surface area contributed by atoms with Crippen molar-refractivity contribution in [3.63, 3.8) is 0 Å². The summed E-state index contributed by atoms with van der Waals surface area (Å²) in [7, 11) is -1.71. The molecule has 1 aliphatic heterocycles. The quantitative estimate of drug-likeness (QED) is 0.570. The second-order valence-electron chi connectivity index (χ2n) is 7.11. The van der Waals surface area contributed by atoms with Gasteiger partial charge in [0.25, 0.3) is 0 Å². The van der Waals surface area contributed by atoms with Crippen LogP contribution in [0.3, 0.4) is 0 Å². The van der Waals surface area contributed by atoms with Crippen LogP contribution in [0.4, 0.5) is 14.6 Å². The van der Waals surface area contributed by atoms with Crippen molar-refractivity contribution in [1.29, 1.82) is 0 Å². The fourth-order valence-electron chi connectivity index (χ4n) is 2.37. The molecule has 0 aliphatic carbocycles. The number of nitrogen functional groups attached to an aromatic ring is 1. The van der Waals surface area contributed by atoms with Gasteiger partial charge in [-0.2, -0.15) is 13.8 Å². The van der Waals surface area contributed by atoms with Gasteiger partial charge in [-0.3, -0.25) is 9.36 Å². The fraction of sp³-hybridized carbons (Fsp3) is 0.643. The molecule has 1 saturated heterocycles. The van der Waals surface area contributed by atoms with Crippen LogP contribution in [0.15, 0.2) is 17.1 Å². The van der Waals surface area contributed by atoms with Gasteiger partial charge in [-0.15, -0.1) is 0 Å². The Bertz CT molecular complexity index is 706. The van der Waals surface area contributed by atoms with Crippen LogP contribution in [-0.4, -0.2) is 53.4 Å². The van der Waals surface area contributed by atoms with Gasteiger partial charge < -0.3 is 20.3 Å². The molecule has 3 atom stereocenters. The third-order valence-corrected chi connectivity index (χ3v) is 4.92. The minimum Gasteiger partial charge on any atom is -0.463 e. The van der Waals surface area contributed by atoms with E-state index in [1.54, 1.807) is 0 Å². The molecule has 0 saturated carbocycles. The van der Waals surface area contributed by atoms with Crippen LogP contribution in [0.2, 0.25) is 25.7 Å². The number of alkyl halides is 2. The summed E-state index contributed by atoms with van der Waals surface area (Å²) >= 11 is 0. The van der Waals surface area contributed by atoms with Crippen molar-refractivity contribution in [1.82, 2.24) is 9.55 Å². The normalized spacial score (nSPS) is 25.8. The van der Waals surface area contributed by atoms with Crippen molar-refractivity contribution >= 4 is 19.9 Å². The molecule has 8 nitrogen and oxygen atoms in total. The average molecular weight is 377 g/mol. The van der Waals surface area contributed by atoms with E-state index in [2.05, 4.69) is 4.98 Å². The van der Waals surface area contributed by atoms with E-state index in [0.29, 0.717) is 4.57 Å². The number of aromatic nitrogens is 2. The summed E-state index contributed by atoms with van der Waals surface area (Å²) in [5, 5.41) is 9.82. The first-order valence-electron chi connectivity index (χ1n) is 7.63. The average Bonchev–Trinajstić information content (AvgIpc) is 2.67. The number of hydrogen-bond acceptors (Lipinski definition) is 7. The lowest BCUT2D eigenvalue weighted by molar-refractivity contribution is -0.148. The van der Waals surface area contributed by atoms with Crippen LogP contribution < -0.4 is 11.4 Å². The molecule has 2 heterocycles. The zero-order valence-electron chi connectivity index (χ0n) is 14.1. The van der Waals surface area contributed by atoms with Crippen LogP contribution in [0, 0.1) is 0 Å². The standard InChI is InChI=1S/C14H21F2N3O5Si/c1-25(2,3)7-10(20)23-6-8-11(21)14(15,16)12(24-8)19-5-4-9(17)18-13(19)22/h4-5,8,11-12,21H,6-7H2,1-3H3,(H2,17,18,22)/t8-,11-,12-/m1/s1. The van der Waals surface area contributed by atoms with Crippen molar-refractivity contribution in [3.05, 3.63) is 22.7 Å². The van der Waals surface area contributed by atoms with Gasteiger partial charge in [-0.1, -0.05) is 19.6 Å². The van der Waals surface area contributed by atoms with Crippen molar-refractivity contribution in [3.8, 4) is 0 Å². The molecule has 0 spiro atoms. The highest BCUT2D eigenvalue weighted by Gasteiger charge is 2.60. The van der Waals surface area contributed by atoms with Crippen molar-refractivity contribution < 1.29 is 28.2 Å². The lowest BCUT2D eigenvalue weighted by Crippen LogP contribution is -2.42. The van der Waals surface area contributed by atoms with Gasteiger partial charge in [0.2, 0.25) is 6.23 Å². The van der Waals surface area contributed by atoms with E-state index in [0.717, 1.165) is 12.3 Å². The number of nitrogens with two attached hydrogens (primary N) is 1. The maximum atomic E-state index is 14.3. The number of anilines is 1. The second-order valence-corrected chi connectivity index (χ2v) is 12.6. The zero-order chi connectivity index (χ0) is 19.0. The van der Waals surface area contributed by atoms with Crippen LogP contribution >= 0.6 is 0 Å². The first kappa shape index (κ1) is 19.5. The molecule has 25 heavy (non-hydrogen) atoms. The Labute approximate surface area is 143 Å². The maximum Gasteiger partial charge on any atom is 0.351 e. The van der Waals surface area contributed by atoms with Crippen molar-refractivity contribution in [2.75, 3.05) is 12.3 Å². The lowest BCUT2D eigenvalue weighted by atomic mass is 10.1. The minimum atomic E-state index is -3.77. The Kier molecular flexibility index (Phi) is 5.30. The van der Waals surface area contributed by atoms with Gasteiger partial charge in [0.15, 0.2) is 6.10 Å². The second kappa shape index (κ2) is 6.81. The number of nitrogens with zero attached hydrogens (tertiary/aromatic N) is 2. The highest BCUT2D eigenvalue weighted by Crippen LogP contribution is 2.42. The minimum absolute atomic E-state index is 0.125. The van der Waals surface area contributed by atoms with Gasteiger partial charge in [-0.25, -0.2) is 4.79 Å².